The van der Waals surface area contributed by atoms with E-state index >= 15 is 0 Å². The minimum atomic E-state index is -0.319. The Morgan fingerprint density at radius 2 is 2.44 bits per heavy atom. The number of ether oxygens (including phenoxy) is 1. The molecule has 1 heterocycles. The highest BCUT2D eigenvalue weighted by molar-refractivity contribution is 9.10. The summed E-state index contributed by atoms with van der Waals surface area (Å²) in [6, 6.07) is 0.142. The van der Waals surface area contributed by atoms with E-state index in [9.17, 15) is 4.79 Å². The van der Waals surface area contributed by atoms with Crippen molar-refractivity contribution in [1.29, 1.82) is 0 Å². The maximum absolute atomic E-state index is 11.1. The number of alkyl halides is 1. The van der Waals surface area contributed by atoms with E-state index in [2.05, 4.69) is 31.0 Å². The summed E-state index contributed by atoms with van der Waals surface area (Å²) in [6.07, 6.45) is 1.85. The molecular formula is C10H15BrN2O2S. The molecule has 0 aromatic carbocycles. The zero-order valence-corrected chi connectivity index (χ0v) is 11.9. The Balaban J connectivity index is 2.41. The molecule has 1 N–H and O–H groups in total. The van der Waals surface area contributed by atoms with Crippen LogP contribution in [0.15, 0.2) is 6.20 Å². The van der Waals surface area contributed by atoms with E-state index in [1.165, 1.54) is 12.0 Å². The average molecular weight is 307 g/mol. The van der Waals surface area contributed by atoms with E-state index in [1.54, 1.807) is 11.3 Å². The SMILES string of the molecule is COC(=O)C(Br)CNC(C)c1ncc(C)s1. The van der Waals surface area contributed by atoms with Gasteiger partial charge in [-0.1, -0.05) is 15.9 Å². The fraction of sp³-hybridized carbons (Fsp3) is 0.600. The molecule has 0 aliphatic carbocycles. The van der Waals surface area contributed by atoms with Crippen LogP contribution in [0, 0.1) is 6.92 Å². The normalized spacial score (nSPS) is 14.5. The van der Waals surface area contributed by atoms with Crippen molar-refractivity contribution in [1.82, 2.24) is 10.3 Å². The third kappa shape index (κ3) is 3.84. The summed E-state index contributed by atoms with van der Waals surface area (Å²) in [5.74, 6) is -0.269. The third-order valence-electron chi connectivity index (χ3n) is 2.07. The molecule has 1 aromatic rings. The molecule has 2 unspecified atom stereocenters. The van der Waals surface area contributed by atoms with Crippen LogP contribution in [0.25, 0.3) is 0 Å². The lowest BCUT2D eigenvalue weighted by molar-refractivity contribution is -0.139. The number of nitrogens with zero attached hydrogens (tertiary/aromatic N) is 1. The van der Waals surface area contributed by atoms with E-state index in [0.29, 0.717) is 6.54 Å². The molecule has 0 saturated heterocycles. The van der Waals surface area contributed by atoms with Crippen molar-refractivity contribution in [3.8, 4) is 0 Å². The molecule has 16 heavy (non-hydrogen) atoms. The third-order valence-corrected chi connectivity index (χ3v) is 3.86. The molecule has 6 heteroatoms. The first-order chi connectivity index (χ1) is 7.54. The van der Waals surface area contributed by atoms with E-state index in [1.807, 2.05) is 20.0 Å². The summed E-state index contributed by atoms with van der Waals surface area (Å²) in [6.45, 7) is 4.57. The molecule has 0 aliphatic rings. The topological polar surface area (TPSA) is 51.2 Å². The Bertz CT molecular complexity index is 356. The number of nitrogens with one attached hydrogen (secondary N) is 1. The number of methoxy groups -OCH3 is 1. The van der Waals surface area contributed by atoms with Crippen LogP contribution in [0.3, 0.4) is 0 Å². The van der Waals surface area contributed by atoms with Gasteiger partial charge in [0, 0.05) is 17.6 Å². The van der Waals surface area contributed by atoms with Gasteiger partial charge >= 0.3 is 5.97 Å². The molecule has 1 aromatic heterocycles. The highest BCUT2D eigenvalue weighted by Gasteiger charge is 2.17. The first kappa shape index (κ1) is 13.6. The van der Waals surface area contributed by atoms with Crippen LogP contribution < -0.4 is 5.32 Å². The lowest BCUT2D eigenvalue weighted by Gasteiger charge is -2.13. The average Bonchev–Trinajstić information content (AvgIpc) is 2.71. The summed E-state index contributed by atoms with van der Waals surface area (Å²) < 4.78 is 4.62. The monoisotopic (exact) mass is 306 g/mol. The van der Waals surface area contributed by atoms with Crippen LogP contribution in [0.4, 0.5) is 0 Å². The summed E-state index contributed by atoms with van der Waals surface area (Å²) in [5, 5.41) is 4.26. The van der Waals surface area contributed by atoms with Crippen LogP contribution in [-0.4, -0.2) is 29.4 Å². The summed E-state index contributed by atoms with van der Waals surface area (Å²) in [7, 11) is 1.38. The fourth-order valence-corrected chi connectivity index (χ4v) is 2.33. The van der Waals surface area contributed by atoms with Gasteiger partial charge in [-0.25, -0.2) is 4.98 Å². The van der Waals surface area contributed by atoms with Gasteiger partial charge in [0.1, 0.15) is 9.83 Å². The van der Waals surface area contributed by atoms with Gasteiger partial charge in [0.2, 0.25) is 0 Å². The summed E-state index contributed by atoms with van der Waals surface area (Å²) in [5.41, 5.74) is 0. The molecule has 0 saturated carbocycles. The molecule has 0 aliphatic heterocycles. The number of esters is 1. The van der Waals surface area contributed by atoms with Gasteiger partial charge in [-0.15, -0.1) is 11.3 Å². The van der Waals surface area contributed by atoms with Crippen LogP contribution >= 0.6 is 27.3 Å². The van der Waals surface area contributed by atoms with Gasteiger partial charge in [-0.2, -0.15) is 0 Å². The summed E-state index contributed by atoms with van der Waals surface area (Å²) in [4.78, 5) is 16.3. The second-order valence-corrected chi connectivity index (χ2v) is 5.80. The second-order valence-electron chi connectivity index (χ2n) is 3.43. The van der Waals surface area contributed by atoms with Crippen molar-refractivity contribution < 1.29 is 9.53 Å². The lowest BCUT2D eigenvalue weighted by Crippen LogP contribution is -2.31. The maximum Gasteiger partial charge on any atom is 0.320 e. The first-order valence-electron chi connectivity index (χ1n) is 4.92. The van der Waals surface area contributed by atoms with Crippen LogP contribution in [-0.2, 0) is 9.53 Å². The van der Waals surface area contributed by atoms with E-state index in [0.717, 1.165) is 5.01 Å². The smallest absolute Gasteiger partial charge is 0.320 e. The van der Waals surface area contributed by atoms with Crippen LogP contribution in [0.5, 0.6) is 0 Å². The molecule has 1 rings (SSSR count). The van der Waals surface area contributed by atoms with Gasteiger partial charge in [0.15, 0.2) is 0 Å². The van der Waals surface area contributed by atoms with Gasteiger partial charge in [-0.05, 0) is 13.8 Å². The highest BCUT2D eigenvalue weighted by atomic mass is 79.9. The molecule has 0 radical (unpaired) electrons. The minimum Gasteiger partial charge on any atom is -0.468 e. The van der Waals surface area contributed by atoms with E-state index in [-0.39, 0.29) is 16.8 Å². The van der Waals surface area contributed by atoms with Gasteiger partial charge in [0.05, 0.1) is 13.2 Å². The zero-order chi connectivity index (χ0) is 12.1. The second kappa shape index (κ2) is 6.32. The molecule has 0 bridgehead atoms. The lowest BCUT2D eigenvalue weighted by atomic mass is 10.3. The molecule has 90 valence electrons. The van der Waals surface area contributed by atoms with E-state index in [4.69, 9.17) is 0 Å². The molecule has 2 atom stereocenters. The standard InChI is InChI=1S/C10H15BrN2O2S/c1-6-4-13-9(16-6)7(2)12-5-8(11)10(14)15-3/h4,7-8,12H,5H2,1-3H3. The van der Waals surface area contributed by atoms with Crippen molar-refractivity contribution >= 4 is 33.2 Å². The molecular weight excluding hydrogens is 292 g/mol. The summed E-state index contributed by atoms with van der Waals surface area (Å²) >= 11 is 4.91. The van der Waals surface area contributed by atoms with Crippen molar-refractivity contribution in [2.45, 2.75) is 24.7 Å². The molecule has 4 nitrogen and oxygen atoms in total. The largest absolute Gasteiger partial charge is 0.468 e. The number of hydrogen-bond donors (Lipinski definition) is 1. The van der Waals surface area contributed by atoms with E-state index < -0.39 is 0 Å². The highest BCUT2D eigenvalue weighted by Crippen LogP contribution is 2.19. The van der Waals surface area contributed by atoms with Crippen LogP contribution in [0.2, 0.25) is 0 Å². The Morgan fingerprint density at radius 1 is 1.75 bits per heavy atom. The van der Waals surface area contributed by atoms with Crippen molar-refractivity contribution in [3.63, 3.8) is 0 Å². The number of carbonyl (C=O) groups is 1. The van der Waals surface area contributed by atoms with Crippen molar-refractivity contribution in [2.75, 3.05) is 13.7 Å². The fourth-order valence-electron chi connectivity index (χ4n) is 1.15. The predicted molar refractivity (Wildman–Crippen MR) is 68.0 cm³/mol. The molecule has 0 fully saturated rings. The first-order valence-corrected chi connectivity index (χ1v) is 6.65. The number of aromatic nitrogens is 1. The van der Waals surface area contributed by atoms with Gasteiger partial charge in [0.25, 0.3) is 0 Å². The maximum atomic E-state index is 11.1. The van der Waals surface area contributed by atoms with Crippen LogP contribution in [0.1, 0.15) is 22.9 Å². The van der Waals surface area contributed by atoms with Crippen molar-refractivity contribution in [3.05, 3.63) is 16.1 Å². The Morgan fingerprint density at radius 3 is 2.94 bits per heavy atom. The zero-order valence-electron chi connectivity index (χ0n) is 9.49. The number of carbonyl (C=O) groups excluding carboxylic acids is 1. The van der Waals surface area contributed by atoms with Crippen molar-refractivity contribution in [2.24, 2.45) is 0 Å². The number of aryl methyl sites for hydroxylation is 1. The molecule has 0 spiro atoms. The quantitative estimate of drug-likeness (QED) is 0.668. The number of halogens is 1. The van der Waals surface area contributed by atoms with Gasteiger partial charge < -0.3 is 10.1 Å². The number of thiazole rings is 1. The number of hydrogen-bond acceptors (Lipinski definition) is 5. The Hall–Kier alpha value is -0.460. The Kier molecular flexibility index (Phi) is 5.37. The number of rotatable bonds is 5. The predicted octanol–water partition coefficient (Wildman–Crippen LogP) is 2.04. The minimum absolute atomic E-state index is 0.142. The molecule has 0 amide bonds. The van der Waals surface area contributed by atoms with Gasteiger partial charge in [-0.3, -0.25) is 4.79 Å². The Labute approximate surface area is 108 Å².